The predicted octanol–water partition coefficient (Wildman–Crippen LogP) is 1.68. The van der Waals surface area contributed by atoms with Gasteiger partial charge < -0.3 is 10.1 Å². The highest BCUT2D eigenvalue weighted by molar-refractivity contribution is 7.18. The largest absolute Gasteiger partial charge is 0.393 e. The van der Waals surface area contributed by atoms with Gasteiger partial charge in [0, 0.05) is 11.4 Å². The molecule has 0 spiro atoms. The summed E-state index contributed by atoms with van der Waals surface area (Å²) in [5.74, 6) is 1.09. The number of H-pyrrole nitrogens is 1. The van der Waals surface area contributed by atoms with Crippen molar-refractivity contribution in [1.82, 2.24) is 14.9 Å². The van der Waals surface area contributed by atoms with Crippen molar-refractivity contribution >= 4 is 21.6 Å². The first-order valence-corrected chi connectivity index (χ1v) is 8.87. The third-order valence-electron chi connectivity index (χ3n) is 4.99. The van der Waals surface area contributed by atoms with Crippen LogP contribution in [0, 0.1) is 5.92 Å². The first-order valence-electron chi connectivity index (χ1n) is 8.05. The van der Waals surface area contributed by atoms with Gasteiger partial charge >= 0.3 is 0 Å². The molecule has 0 bridgehead atoms. The number of likely N-dealkylation sites (tertiary alicyclic amines) is 1. The first-order chi connectivity index (χ1) is 10.6. The van der Waals surface area contributed by atoms with E-state index in [0.717, 1.165) is 54.8 Å². The lowest BCUT2D eigenvalue weighted by Gasteiger charge is -2.16. The number of aromatic amines is 1. The Kier molecular flexibility index (Phi) is 3.55. The lowest BCUT2D eigenvalue weighted by Crippen LogP contribution is -2.26. The Morgan fingerprint density at radius 2 is 2.36 bits per heavy atom. The topological polar surface area (TPSA) is 69.2 Å². The van der Waals surface area contributed by atoms with Gasteiger partial charge in [0.25, 0.3) is 5.56 Å². The maximum atomic E-state index is 12.4. The number of rotatable bonds is 3. The number of aliphatic hydroxyl groups excluding tert-OH is 1. The smallest absolute Gasteiger partial charge is 0.259 e. The van der Waals surface area contributed by atoms with Gasteiger partial charge in [0.15, 0.2) is 0 Å². The lowest BCUT2D eigenvalue weighted by molar-refractivity contribution is 0.127. The summed E-state index contributed by atoms with van der Waals surface area (Å²) in [6, 6.07) is 0. The maximum Gasteiger partial charge on any atom is 0.259 e. The molecular formula is C16H21N3O2S. The van der Waals surface area contributed by atoms with Crippen LogP contribution in [0.4, 0.5) is 0 Å². The second-order valence-corrected chi connectivity index (χ2v) is 7.66. The number of fused-ring (bicyclic) bond motifs is 3. The minimum absolute atomic E-state index is 0.0191. The number of hydrogen-bond acceptors (Lipinski definition) is 5. The highest BCUT2D eigenvalue weighted by Gasteiger charge is 2.27. The highest BCUT2D eigenvalue weighted by Crippen LogP contribution is 2.34. The van der Waals surface area contributed by atoms with E-state index in [4.69, 9.17) is 4.98 Å². The molecular weight excluding hydrogens is 298 g/mol. The Balaban J connectivity index is 1.60. The van der Waals surface area contributed by atoms with E-state index in [0.29, 0.717) is 12.5 Å². The fraction of sp³-hybridized carbons (Fsp3) is 0.625. The standard InChI is InChI=1S/C16H21N3O2S/c1-9(20)10-5-6-19(7-10)8-13-17-15(21)14-11-3-2-4-12(11)22-16(14)18-13/h9-10,20H,2-8H2,1H3,(H,17,18,21). The van der Waals surface area contributed by atoms with Gasteiger partial charge in [0.1, 0.15) is 10.7 Å². The molecule has 1 aliphatic carbocycles. The molecule has 2 N–H and O–H groups in total. The fourth-order valence-electron chi connectivity index (χ4n) is 3.73. The molecule has 2 unspecified atom stereocenters. The van der Waals surface area contributed by atoms with Gasteiger partial charge in [-0.15, -0.1) is 11.3 Å². The molecule has 2 aromatic heterocycles. The van der Waals surface area contributed by atoms with Gasteiger partial charge in [-0.05, 0) is 50.6 Å². The third kappa shape index (κ3) is 2.39. The third-order valence-corrected chi connectivity index (χ3v) is 6.17. The van der Waals surface area contributed by atoms with E-state index in [1.54, 1.807) is 11.3 Å². The van der Waals surface area contributed by atoms with Crippen LogP contribution in [0.3, 0.4) is 0 Å². The number of aliphatic hydroxyl groups is 1. The van der Waals surface area contributed by atoms with Gasteiger partial charge in [-0.1, -0.05) is 0 Å². The Morgan fingerprint density at radius 3 is 3.14 bits per heavy atom. The molecule has 1 fully saturated rings. The molecule has 0 amide bonds. The number of thiophene rings is 1. The lowest BCUT2D eigenvalue weighted by atomic mass is 10.0. The Hall–Kier alpha value is -1.24. The molecule has 1 aliphatic heterocycles. The van der Waals surface area contributed by atoms with Crippen LogP contribution in [0.2, 0.25) is 0 Å². The molecule has 3 heterocycles. The summed E-state index contributed by atoms with van der Waals surface area (Å²) < 4.78 is 0. The maximum absolute atomic E-state index is 12.4. The second kappa shape index (κ2) is 5.44. The van der Waals surface area contributed by atoms with Crippen molar-refractivity contribution in [3.05, 3.63) is 26.6 Å². The van der Waals surface area contributed by atoms with Crippen LogP contribution in [0.5, 0.6) is 0 Å². The van der Waals surface area contributed by atoms with Crippen molar-refractivity contribution in [2.45, 2.75) is 45.3 Å². The number of nitrogens with zero attached hydrogens (tertiary/aromatic N) is 2. The van der Waals surface area contributed by atoms with Crippen LogP contribution in [0.15, 0.2) is 4.79 Å². The van der Waals surface area contributed by atoms with Crippen molar-refractivity contribution in [3.63, 3.8) is 0 Å². The summed E-state index contributed by atoms with van der Waals surface area (Å²) in [6.45, 7) is 4.35. The van der Waals surface area contributed by atoms with Crippen LogP contribution >= 0.6 is 11.3 Å². The molecule has 4 rings (SSSR count). The summed E-state index contributed by atoms with van der Waals surface area (Å²) in [5.41, 5.74) is 1.25. The van der Waals surface area contributed by atoms with E-state index in [9.17, 15) is 9.90 Å². The molecule has 22 heavy (non-hydrogen) atoms. The van der Waals surface area contributed by atoms with Crippen molar-refractivity contribution in [3.8, 4) is 0 Å². The highest BCUT2D eigenvalue weighted by atomic mass is 32.1. The van der Waals surface area contributed by atoms with Gasteiger partial charge in [-0.2, -0.15) is 0 Å². The summed E-state index contributed by atoms with van der Waals surface area (Å²) in [7, 11) is 0. The SMILES string of the molecule is CC(O)C1CCN(Cc2nc3sc4c(c3c(=O)[nH]2)CCC4)C1. The van der Waals surface area contributed by atoms with E-state index in [1.807, 2.05) is 6.92 Å². The van der Waals surface area contributed by atoms with Crippen molar-refractivity contribution in [2.75, 3.05) is 13.1 Å². The van der Waals surface area contributed by atoms with Crippen LogP contribution in [0.1, 0.15) is 36.0 Å². The average molecular weight is 319 g/mol. The van der Waals surface area contributed by atoms with Crippen molar-refractivity contribution < 1.29 is 5.11 Å². The zero-order valence-corrected chi connectivity index (χ0v) is 13.6. The normalized spacial score (nSPS) is 23.3. The average Bonchev–Trinajstić information content (AvgIpc) is 3.12. The molecule has 0 saturated carbocycles. The Labute approximate surface area is 133 Å². The predicted molar refractivity (Wildman–Crippen MR) is 87.3 cm³/mol. The zero-order chi connectivity index (χ0) is 15.3. The van der Waals surface area contributed by atoms with E-state index < -0.39 is 0 Å². The summed E-state index contributed by atoms with van der Waals surface area (Å²) >= 11 is 1.69. The quantitative estimate of drug-likeness (QED) is 0.903. The monoisotopic (exact) mass is 319 g/mol. The summed E-state index contributed by atoms with van der Waals surface area (Å²) in [6.07, 6.45) is 4.01. The van der Waals surface area contributed by atoms with E-state index >= 15 is 0 Å². The van der Waals surface area contributed by atoms with E-state index in [1.165, 1.54) is 10.4 Å². The number of nitrogens with one attached hydrogen (secondary N) is 1. The molecule has 0 aromatic carbocycles. The van der Waals surface area contributed by atoms with E-state index in [2.05, 4.69) is 9.88 Å². The molecule has 2 atom stereocenters. The number of aryl methyl sites for hydroxylation is 2. The second-order valence-electron chi connectivity index (χ2n) is 6.57. The first kappa shape index (κ1) is 14.4. The minimum atomic E-state index is -0.264. The summed E-state index contributed by atoms with van der Waals surface area (Å²) in [5, 5.41) is 10.5. The molecule has 1 saturated heterocycles. The van der Waals surface area contributed by atoms with Crippen LogP contribution < -0.4 is 5.56 Å². The summed E-state index contributed by atoms with van der Waals surface area (Å²) in [4.78, 5) is 24.6. The molecule has 5 nitrogen and oxygen atoms in total. The fourth-order valence-corrected chi connectivity index (χ4v) is 5.01. The molecule has 6 heteroatoms. The number of aromatic nitrogens is 2. The van der Waals surface area contributed by atoms with Crippen LogP contribution in [-0.2, 0) is 19.4 Å². The van der Waals surface area contributed by atoms with Gasteiger partial charge in [-0.3, -0.25) is 9.69 Å². The van der Waals surface area contributed by atoms with Crippen LogP contribution in [-0.4, -0.2) is 39.2 Å². The number of hydrogen-bond donors (Lipinski definition) is 2. The molecule has 2 aliphatic rings. The molecule has 2 aromatic rings. The van der Waals surface area contributed by atoms with Gasteiger partial charge in [0.05, 0.1) is 18.0 Å². The Bertz CT molecular complexity index is 765. The van der Waals surface area contributed by atoms with Gasteiger partial charge in [-0.25, -0.2) is 4.98 Å². The Morgan fingerprint density at radius 1 is 1.50 bits per heavy atom. The van der Waals surface area contributed by atoms with Gasteiger partial charge in [0.2, 0.25) is 0 Å². The van der Waals surface area contributed by atoms with Crippen molar-refractivity contribution in [2.24, 2.45) is 5.92 Å². The van der Waals surface area contributed by atoms with E-state index in [-0.39, 0.29) is 11.7 Å². The molecule has 0 radical (unpaired) electrons. The van der Waals surface area contributed by atoms with Crippen LogP contribution in [0.25, 0.3) is 10.2 Å². The molecule has 118 valence electrons. The van der Waals surface area contributed by atoms with Crippen molar-refractivity contribution in [1.29, 1.82) is 0 Å². The minimum Gasteiger partial charge on any atom is -0.393 e. The zero-order valence-electron chi connectivity index (χ0n) is 12.8.